The molecule has 0 aliphatic rings. The molecule has 0 spiro atoms. The molecule has 0 aromatic heterocycles. The predicted octanol–water partition coefficient (Wildman–Crippen LogP) is 2.95. The number of hydrogen-bond acceptors (Lipinski definition) is 5. The highest BCUT2D eigenvalue weighted by Gasteiger charge is 2.09. The molecule has 0 fully saturated rings. The second-order valence-electron chi connectivity index (χ2n) is 6.17. The van der Waals surface area contributed by atoms with Crippen molar-refractivity contribution < 1.29 is 23.9 Å². The number of nitrogens with one attached hydrogen (secondary N) is 1. The SMILES string of the molecule is COC(=O)c1ccc(/C=C/C(=O)OCC(=O)NC[C@@H](C)c2ccccc2)cc1. The number of ether oxygens (including phenoxy) is 2. The van der Waals surface area contributed by atoms with Crippen molar-refractivity contribution in [3.63, 3.8) is 0 Å². The van der Waals surface area contributed by atoms with E-state index in [4.69, 9.17) is 4.74 Å². The molecule has 0 aliphatic carbocycles. The van der Waals surface area contributed by atoms with Gasteiger partial charge in [0.2, 0.25) is 0 Å². The summed E-state index contributed by atoms with van der Waals surface area (Å²) in [5, 5.41) is 2.75. The number of methoxy groups -OCH3 is 1. The van der Waals surface area contributed by atoms with E-state index in [0.717, 1.165) is 5.56 Å². The Morgan fingerprint density at radius 3 is 2.36 bits per heavy atom. The first-order chi connectivity index (χ1) is 13.5. The highest BCUT2D eigenvalue weighted by molar-refractivity contribution is 5.91. The second kappa shape index (κ2) is 10.7. The van der Waals surface area contributed by atoms with Crippen molar-refractivity contribution in [2.45, 2.75) is 12.8 Å². The van der Waals surface area contributed by atoms with Gasteiger partial charge in [0.05, 0.1) is 12.7 Å². The molecule has 0 saturated carbocycles. The fraction of sp³-hybridized carbons (Fsp3) is 0.227. The highest BCUT2D eigenvalue weighted by atomic mass is 16.5. The lowest BCUT2D eigenvalue weighted by Crippen LogP contribution is -2.31. The van der Waals surface area contributed by atoms with E-state index in [1.807, 2.05) is 37.3 Å². The molecule has 2 aromatic rings. The lowest BCUT2D eigenvalue weighted by atomic mass is 10.0. The summed E-state index contributed by atoms with van der Waals surface area (Å²) in [5.41, 5.74) is 2.26. The number of carbonyl (C=O) groups excluding carboxylic acids is 3. The Kier molecular flexibility index (Phi) is 7.96. The van der Waals surface area contributed by atoms with E-state index in [1.165, 1.54) is 13.2 Å². The van der Waals surface area contributed by atoms with Crippen LogP contribution in [0.15, 0.2) is 60.7 Å². The first-order valence-electron chi connectivity index (χ1n) is 8.84. The number of amides is 1. The van der Waals surface area contributed by atoms with Crippen LogP contribution in [0.1, 0.15) is 34.3 Å². The molecule has 2 aromatic carbocycles. The van der Waals surface area contributed by atoms with E-state index < -0.39 is 11.9 Å². The number of hydrogen-bond donors (Lipinski definition) is 1. The Bertz CT molecular complexity index is 828. The van der Waals surface area contributed by atoms with Gasteiger partial charge in [0, 0.05) is 12.6 Å². The molecule has 0 bridgehead atoms. The maximum atomic E-state index is 11.8. The van der Waals surface area contributed by atoms with Crippen LogP contribution < -0.4 is 5.32 Å². The van der Waals surface area contributed by atoms with Gasteiger partial charge in [-0.3, -0.25) is 4.79 Å². The van der Waals surface area contributed by atoms with Crippen LogP contribution in [0.4, 0.5) is 0 Å². The van der Waals surface area contributed by atoms with E-state index in [2.05, 4.69) is 10.1 Å². The zero-order chi connectivity index (χ0) is 20.4. The Morgan fingerprint density at radius 2 is 1.71 bits per heavy atom. The third-order valence-electron chi connectivity index (χ3n) is 4.06. The van der Waals surface area contributed by atoms with Gasteiger partial charge in [-0.15, -0.1) is 0 Å². The van der Waals surface area contributed by atoms with E-state index in [0.29, 0.717) is 17.7 Å². The molecule has 6 heteroatoms. The molecular formula is C22H23NO5. The average Bonchev–Trinajstić information content (AvgIpc) is 2.74. The van der Waals surface area contributed by atoms with Gasteiger partial charge >= 0.3 is 11.9 Å². The van der Waals surface area contributed by atoms with Gasteiger partial charge in [-0.05, 0) is 35.3 Å². The van der Waals surface area contributed by atoms with Crippen LogP contribution in [-0.2, 0) is 19.1 Å². The van der Waals surface area contributed by atoms with Gasteiger partial charge in [0.15, 0.2) is 6.61 Å². The fourth-order valence-corrected chi connectivity index (χ4v) is 2.41. The molecule has 0 unspecified atom stereocenters. The van der Waals surface area contributed by atoms with Gasteiger partial charge in [-0.2, -0.15) is 0 Å². The summed E-state index contributed by atoms with van der Waals surface area (Å²) in [6.45, 7) is 2.13. The van der Waals surface area contributed by atoms with Crippen LogP contribution in [-0.4, -0.2) is 38.1 Å². The third-order valence-corrected chi connectivity index (χ3v) is 4.06. The molecule has 146 valence electrons. The maximum absolute atomic E-state index is 11.8. The van der Waals surface area contributed by atoms with Crippen molar-refractivity contribution in [3.05, 3.63) is 77.4 Å². The zero-order valence-electron chi connectivity index (χ0n) is 15.9. The van der Waals surface area contributed by atoms with E-state index in [9.17, 15) is 14.4 Å². The molecular weight excluding hydrogens is 358 g/mol. The molecule has 28 heavy (non-hydrogen) atoms. The molecule has 2 rings (SSSR count). The maximum Gasteiger partial charge on any atom is 0.337 e. The van der Waals surface area contributed by atoms with Crippen molar-refractivity contribution in [1.29, 1.82) is 0 Å². The monoisotopic (exact) mass is 381 g/mol. The second-order valence-corrected chi connectivity index (χ2v) is 6.17. The van der Waals surface area contributed by atoms with Crippen molar-refractivity contribution in [3.8, 4) is 0 Å². The van der Waals surface area contributed by atoms with Crippen molar-refractivity contribution in [2.75, 3.05) is 20.3 Å². The minimum Gasteiger partial charge on any atom is -0.465 e. The molecule has 0 saturated heterocycles. The molecule has 6 nitrogen and oxygen atoms in total. The third kappa shape index (κ3) is 6.72. The van der Waals surface area contributed by atoms with Crippen molar-refractivity contribution in [2.24, 2.45) is 0 Å². The molecule has 1 atom stereocenters. The quantitative estimate of drug-likeness (QED) is 0.562. The minimum absolute atomic E-state index is 0.161. The summed E-state index contributed by atoms with van der Waals surface area (Å²) >= 11 is 0. The van der Waals surface area contributed by atoms with Gasteiger partial charge in [0.1, 0.15) is 0 Å². The fourth-order valence-electron chi connectivity index (χ4n) is 2.41. The normalized spacial score (nSPS) is 11.6. The van der Waals surface area contributed by atoms with Gasteiger partial charge in [-0.1, -0.05) is 49.4 Å². The molecule has 0 aliphatic heterocycles. The standard InChI is InChI=1S/C22H23NO5/c1-16(18-6-4-3-5-7-18)14-23-20(24)15-28-21(25)13-10-17-8-11-19(12-9-17)22(26)27-2/h3-13,16H,14-15H2,1-2H3,(H,23,24)/b13-10+/t16-/m1/s1. The minimum atomic E-state index is -0.622. The lowest BCUT2D eigenvalue weighted by Gasteiger charge is -2.12. The Balaban J connectivity index is 1.73. The van der Waals surface area contributed by atoms with Gasteiger partial charge < -0.3 is 14.8 Å². The predicted molar refractivity (Wildman–Crippen MR) is 106 cm³/mol. The van der Waals surface area contributed by atoms with Gasteiger partial charge in [0.25, 0.3) is 5.91 Å². The van der Waals surface area contributed by atoms with E-state index in [-0.39, 0.29) is 18.4 Å². The average molecular weight is 381 g/mol. The first kappa shape index (κ1) is 20.9. The lowest BCUT2D eigenvalue weighted by molar-refractivity contribution is -0.143. The Morgan fingerprint density at radius 1 is 1.04 bits per heavy atom. The number of benzene rings is 2. The molecule has 1 N–H and O–H groups in total. The summed E-state index contributed by atoms with van der Waals surface area (Å²) in [5.74, 6) is -1.24. The molecule has 0 radical (unpaired) electrons. The smallest absolute Gasteiger partial charge is 0.337 e. The Labute approximate surface area is 164 Å². The molecule has 0 heterocycles. The van der Waals surface area contributed by atoms with Crippen molar-refractivity contribution in [1.82, 2.24) is 5.32 Å². The van der Waals surface area contributed by atoms with E-state index >= 15 is 0 Å². The summed E-state index contributed by atoms with van der Waals surface area (Å²) in [4.78, 5) is 34.9. The summed E-state index contributed by atoms with van der Waals surface area (Å²) in [7, 11) is 1.31. The number of rotatable bonds is 8. The summed E-state index contributed by atoms with van der Waals surface area (Å²) in [6.07, 6.45) is 2.77. The van der Waals surface area contributed by atoms with E-state index in [1.54, 1.807) is 30.3 Å². The number of esters is 2. The van der Waals surface area contributed by atoms with Crippen LogP contribution in [0.25, 0.3) is 6.08 Å². The van der Waals surface area contributed by atoms with Crippen LogP contribution in [0, 0.1) is 0 Å². The van der Waals surface area contributed by atoms with Gasteiger partial charge in [-0.25, -0.2) is 9.59 Å². The zero-order valence-corrected chi connectivity index (χ0v) is 15.9. The Hall–Kier alpha value is -3.41. The van der Waals surface area contributed by atoms with Crippen molar-refractivity contribution >= 4 is 23.9 Å². The van der Waals surface area contributed by atoms with Crippen LogP contribution in [0.3, 0.4) is 0 Å². The first-order valence-corrected chi connectivity index (χ1v) is 8.84. The largest absolute Gasteiger partial charge is 0.465 e. The molecule has 1 amide bonds. The topological polar surface area (TPSA) is 81.7 Å². The van der Waals surface area contributed by atoms with Crippen LogP contribution in [0.2, 0.25) is 0 Å². The van der Waals surface area contributed by atoms with Crippen LogP contribution in [0.5, 0.6) is 0 Å². The number of carbonyl (C=O) groups is 3. The van der Waals surface area contributed by atoms with Crippen LogP contribution >= 0.6 is 0 Å². The highest BCUT2D eigenvalue weighted by Crippen LogP contribution is 2.12. The summed E-state index contributed by atoms with van der Waals surface area (Å²) < 4.78 is 9.55. The summed E-state index contributed by atoms with van der Waals surface area (Å²) in [6, 6.07) is 16.4.